The van der Waals surface area contributed by atoms with E-state index in [4.69, 9.17) is 0 Å². The standard InChI is InChI=1S/C12H15N3O4S/c1-2-3-8-20-14-12(17)13-11(16)9-6-4-5-7-10(9)15(18)19/h4-7H,2-3,8H2,1H3,(H2,13,14,16,17). The number of para-hydroxylation sites is 1. The predicted octanol–water partition coefficient (Wildman–Crippen LogP) is 2.48. The van der Waals surface area contributed by atoms with Crippen LogP contribution in [0.3, 0.4) is 0 Å². The lowest BCUT2D eigenvalue weighted by atomic mass is 10.1. The van der Waals surface area contributed by atoms with E-state index < -0.39 is 16.9 Å². The van der Waals surface area contributed by atoms with E-state index in [1.807, 2.05) is 6.92 Å². The van der Waals surface area contributed by atoms with Gasteiger partial charge in [0.2, 0.25) is 0 Å². The molecule has 1 aromatic rings. The molecule has 0 saturated carbocycles. The Kier molecular flexibility index (Phi) is 6.51. The summed E-state index contributed by atoms with van der Waals surface area (Å²) in [5, 5.41) is 12.8. The molecule has 7 nitrogen and oxygen atoms in total. The number of nitrogens with one attached hydrogen (secondary N) is 2. The first-order chi connectivity index (χ1) is 9.56. The molecule has 0 aliphatic rings. The van der Waals surface area contributed by atoms with Crippen LogP contribution in [0, 0.1) is 10.1 Å². The maximum Gasteiger partial charge on any atom is 0.331 e. The van der Waals surface area contributed by atoms with E-state index in [-0.39, 0.29) is 11.3 Å². The third-order valence-electron chi connectivity index (χ3n) is 2.34. The van der Waals surface area contributed by atoms with Gasteiger partial charge in [-0.2, -0.15) is 0 Å². The smallest absolute Gasteiger partial charge is 0.281 e. The van der Waals surface area contributed by atoms with Crippen LogP contribution in [-0.2, 0) is 0 Å². The number of imide groups is 1. The van der Waals surface area contributed by atoms with Crippen LogP contribution < -0.4 is 10.0 Å². The Labute approximate surface area is 120 Å². The molecule has 0 heterocycles. The fourth-order valence-corrected chi connectivity index (χ4v) is 2.07. The summed E-state index contributed by atoms with van der Waals surface area (Å²) >= 11 is 1.19. The first-order valence-electron chi connectivity index (χ1n) is 6.02. The number of nitro groups is 1. The van der Waals surface area contributed by atoms with Gasteiger partial charge in [0.25, 0.3) is 11.6 Å². The van der Waals surface area contributed by atoms with Crippen LogP contribution in [0.1, 0.15) is 30.1 Å². The molecule has 108 valence electrons. The minimum absolute atomic E-state index is 0.147. The monoisotopic (exact) mass is 297 g/mol. The van der Waals surface area contributed by atoms with Crippen molar-refractivity contribution in [1.29, 1.82) is 0 Å². The number of hydrogen-bond acceptors (Lipinski definition) is 5. The number of carbonyl (C=O) groups excluding carboxylic acids is 2. The van der Waals surface area contributed by atoms with Crippen molar-refractivity contribution >= 4 is 29.6 Å². The number of unbranched alkanes of at least 4 members (excludes halogenated alkanes) is 1. The van der Waals surface area contributed by atoms with Crippen molar-refractivity contribution in [3.8, 4) is 0 Å². The number of nitrogens with zero attached hydrogens (tertiary/aromatic N) is 1. The van der Waals surface area contributed by atoms with Crippen LogP contribution >= 0.6 is 11.9 Å². The van der Waals surface area contributed by atoms with Gasteiger partial charge in [0.1, 0.15) is 5.56 Å². The summed E-state index contributed by atoms with van der Waals surface area (Å²) in [5.41, 5.74) is -0.484. The molecule has 0 aliphatic carbocycles. The summed E-state index contributed by atoms with van der Waals surface area (Å²) in [7, 11) is 0. The van der Waals surface area contributed by atoms with E-state index >= 15 is 0 Å². The van der Waals surface area contributed by atoms with E-state index in [2.05, 4.69) is 10.0 Å². The highest BCUT2D eigenvalue weighted by Crippen LogP contribution is 2.17. The van der Waals surface area contributed by atoms with E-state index in [1.54, 1.807) is 0 Å². The molecule has 0 aliphatic heterocycles. The molecule has 8 heteroatoms. The van der Waals surface area contributed by atoms with E-state index in [0.29, 0.717) is 0 Å². The van der Waals surface area contributed by atoms with Crippen LogP contribution in [0.5, 0.6) is 0 Å². The zero-order valence-corrected chi connectivity index (χ0v) is 11.7. The summed E-state index contributed by atoms with van der Waals surface area (Å²) < 4.78 is 2.44. The van der Waals surface area contributed by atoms with Gasteiger partial charge >= 0.3 is 6.03 Å². The number of urea groups is 1. The minimum atomic E-state index is -0.800. The number of carbonyl (C=O) groups is 2. The third-order valence-corrected chi connectivity index (χ3v) is 3.16. The van der Waals surface area contributed by atoms with Gasteiger partial charge < -0.3 is 0 Å². The van der Waals surface area contributed by atoms with Crippen molar-refractivity contribution < 1.29 is 14.5 Å². The SMILES string of the molecule is CCCCSNC(=O)NC(=O)c1ccccc1[N+](=O)[O-]. The van der Waals surface area contributed by atoms with Gasteiger partial charge in [0, 0.05) is 11.8 Å². The van der Waals surface area contributed by atoms with Crippen molar-refractivity contribution in [2.75, 3.05) is 5.75 Å². The first-order valence-corrected chi connectivity index (χ1v) is 7.01. The van der Waals surface area contributed by atoms with Crippen LogP contribution in [-0.4, -0.2) is 22.6 Å². The number of amides is 3. The summed E-state index contributed by atoms with van der Waals surface area (Å²) in [6.07, 6.45) is 1.95. The molecule has 1 rings (SSSR count). The van der Waals surface area contributed by atoms with Crippen molar-refractivity contribution in [3.05, 3.63) is 39.9 Å². The van der Waals surface area contributed by atoms with Crippen LogP contribution in [0.2, 0.25) is 0 Å². The fraction of sp³-hybridized carbons (Fsp3) is 0.333. The molecule has 0 radical (unpaired) electrons. The fourth-order valence-electron chi connectivity index (χ4n) is 1.35. The lowest BCUT2D eigenvalue weighted by Gasteiger charge is -2.06. The van der Waals surface area contributed by atoms with Gasteiger partial charge in [-0.1, -0.05) is 25.5 Å². The van der Waals surface area contributed by atoms with Gasteiger partial charge in [-0.25, -0.2) is 4.79 Å². The molecule has 0 spiro atoms. The van der Waals surface area contributed by atoms with Gasteiger partial charge in [0.05, 0.1) is 4.92 Å². The largest absolute Gasteiger partial charge is 0.331 e. The summed E-state index contributed by atoms with van der Waals surface area (Å²) in [5.74, 6) is -0.0604. The summed E-state index contributed by atoms with van der Waals surface area (Å²) in [6.45, 7) is 2.03. The first kappa shape index (κ1) is 16.0. The maximum atomic E-state index is 11.8. The van der Waals surface area contributed by atoms with E-state index in [9.17, 15) is 19.7 Å². The Balaban J connectivity index is 2.58. The van der Waals surface area contributed by atoms with Crippen LogP contribution in [0.15, 0.2) is 24.3 Å². The molecule has 0 unspecified atom stereocenters. The van der Waals surface area contributed by atoms with Crippen molar-refractivity contribution in [3.63, 3.8) is 0 Å². The molecule has 1 aromatic carbocycles. The third kappa shape index (κ3) is 4.88. The second-order valence-electron chi connectivity index (χ2n) is 3.86. The lowest BCUT2D eigenvalue weighted by molar-refractivity contribution is -0.385. The molecular formula is C12H15N3O4S. The van der Waals surface area contributed by atoms with E-state index in [0.717, 1.165) is 18.6 Å². The predicted molar refractivity (Wildman–Crippen MR) is 76.5 cm³/mol. The summed E-state index contributed by atoms with van der Waals surface area (Å²) in [6, 6.07) is 4.77. The minimum Gasteiger partial charge on any atom is -0.281 e. The highest BCUT2D eigenvalue weighted by atomic mass is 32.2. The molecule has 2 N–H and O–H groups in total. The summed E-state index contributed by atoms with van der Waals surface area (Å²) in [4.78, 5) is 33.3. The van der Waals surface area contributed by atoms with Crippen LogP contribution in [0.4, 0.5) is 10.5 Å². The molecule has 20 heavy (non-hydrogen) atoms. The Morgan fingerprint density at radius 3 is 2.70 bits per heavy atom. The Bertz CT molecular complexity index is 507. The topological polar surface area (TPSA) is 101 Å². The lowest BCUT2D eigenvalue weighted by Crippen LogP contribution is -2.36. The Morgan fingerprint density at radius 2 is 2.05 bits per heavy atom. The number of benzene rings is 1. The average Bonchev–Trinajstić information content (AvgIpc) is 2.43. The zero-order chi connectivity index (χ0) is 15.0. The molecule has 0 bridgehead atoms. The second-order valence-corrected chi connectivity index (χ2v) is 4.76. The van der Waals surface area contributed by atoms with Gasteiger partial charge in [-0.3, -0.25) is 24.9 Å². The molecule has 0 atom stereocenters. The molecule has 3 amide bonds. The van der Waals surface area contributed by atoms with Gasteiger partial charge in [0.15, 0.2) is 0 Å². The maximum absolute atomic E-state index is 11.8. The Hall–Kier alpha value is -2.09. The average molecular weight is 297 g/mol. The van der Waals surface area contributed by atoms with E-state index in [1.165, 1.54) is 36.2 Å². The Morgan fingerprint density at radius 1 is 1.35 bits per heavy atom. The zero-order valence-electron chi connectivity index (χ0n) is 10.9. The van der Waals surface area contributed by atoms with Crippen molar-refractivity contribution in [1.82, 2.24) is 10.0 Å². The van der Waals surface area contributed by atoms with Crippen molar-refractivity contribution in [2.24, 2.45) is 0 Å². The molecule has 0 fully saturated rings. The quantitative estimate of drug-likeness (QED) is 0.363. The normalized spacial score (nSPS) is 9.85. The van der Waals surface area contributed by atoms with Crippen molar-refractivity contribution in [2.45, 2.75) is 19.8 Å². The van der Waals surface area contributed by atoms with Crippen LogP contribution in [0.25, 0.3) is 0 Å². The highest BCUT2D eigenvalue weighted by molar-refractivity contribution is 7.97. The molecular weight excluding hydrogens is 282 g/mol. The number of nitro benzene ring substituents is 1. The number of hydrogen-bond donors (Lipinski definition) is 2. The highest BCUT2D eigenvalue weighted by Gasteiger charge is 2.20. The second kappa shape index (κ2) is 8.16. The molecule has 0 saturated heterocycles. The van der Waals surface area contributed by atoms with Gasteiger partial charge in [-0.05, 0) is 24.4 Å². The molecule has 0 aromatic heterocycles. The number of rotatable bonds is 6. The van der Waals surface area contributed by atoms with Gasteiger partial charge in [-0.15, -0.1) is 0 Å².